The van der Waals surface area contributed by atoms with Crippen molar-refractivity contribution in [2.45, 2.75) is 64.2 Å². The number of rotatable bonds is 6. The number of piperidine rings is 2. The zero-order valence-corrected chi connectivity index (χ0v) is 17.6. The quantitative estimate of drug-likeness (QED) is 0.742. The van der Waals surface area contributed by atoms with Crippen LogP contribution in [0.15, 0.2) is 23.8 Å². The van der Waals surface area contributed by atoms with Crippen LogP contribution in [0.4, 0.5) is 11.6 Å². The van der Waals surface area contributed by atoms with Crippen LogP contribution in [-0.2, 0) is 4.79 Å². The average Bonchev–Trinajstić information content (AvgIpc) is 2.80. The lowest BCUT2D eigenvalue weighted by atomic mass is 9.95. The predicted octanol–water partition coefficient (Wildman–Crippen LogP) is 3.69. The van der Waals surface area contributed by atoms with Gasteiger partial charge in [-0.15, -0.1) is 10.2 Å². The van der Waals surface area contributed by atoms with E-state index >= 15 is 0 Å². The van der Waals surface area contributed by atoms with Crippen molar-refractivity contribution in [2.24, 2.45) is 5.92 Å². The molecule has 0 atom stereocenters. The lowest BCUT2D eigenvalue weighted by Crippen LogP contribution is -2.41. The molecule has 1 aromatic rings. The minimum Gasteiger partial charge on any atom is -0.356 e. The minimum atomic E-state index is 0.132. The van der Waals surface area contributed by atoms with Gasteiger partial charge in [0.25, 0.3) is 0 Å². The van der Waals surface area contributed by atoms with Crippen molar-refractivity contribution >= 4 is 17.5 Å². The normalized spacial score (nSPS) is 21.0. The molecule has 1 N–H and O–H groups in total. The molecule has 0 spiro atoms. The first-order valence-corrected chi connectivity index (χ1v) is 11.6. The van der Waals surface area contributed by atoms with Gasteiger partial charge >= 0.3 is 0 Å². The van der Waals surface area contributed by atoms with Crippen LogP contribution in [0.25, 0.3) is 0 Å². The number of hydrogen-bond acceptors (Lipinski definition) is 5. The Kier molecular flexibility index (Phi) is 7.01. The van der Waals surface area contributed by atoms with Crippen LogP contribution in [0.1, 0.15) is 64.2 Å². The van der Waals surface area contributed by atoms with Gasteiger partial charge in [0.1, 0.15) is 0 Å². The molecule has 0 radical (unpaired) electrons. The fourth-order valence-electron chi connectivity index (χ4n) is 4.77. The highest BCUT2D eigenvalue weighted by atomic mass is 16.1. The van der Waals surface area contributed by atoms with Gasteiger partial charge in [0.2, 0.25) is 5.91 Å². The van der Waals surface area contributed by atoms with Gasteiger partial charge in [-0.2, -0.15) is 0 Å². The molecule has 0 saturated carbocycles. The van der Waals surface area contributed by atoms with Crippen molar-refractivity contribution in [2.75, 3.05) is 42.5 Å². The van der Waals surface area contributed by atoms with Gasteiger partial charge in [0.15, 0.2) is 11.6 Å². The van der Waals surface area contributed by atoms with E-state index in [0.29, 0.717) is 0 Å². The lowest BCUT2D eigenvalue weighted by Gasteiger charge is -2.32. The van der Waals surface area contributed by atoms with E-state index in [1.54, 1.807) is 0 Å². The summed E-state index contributed by atoms with van der Waals surface area (Å²) in [5.41, 5.74) is 1.53. The minimum absolute atomic E-state index is 0.132. The van der Waals surface area contributed by atoms with Gasteiger partial charge in [-0.25, -0.2) is 0 Å². The van der Waals surface area contributed by atoms with Crippen LogP contribution in [0.5, 0.6) is 0 Å². The Morgan fingerprint density at radius 1 is 0.931 bits per heavy atom. The highest BCUT2D eigenvalue weighted by Crippen LogP contribution is 2.24. The number of nitrogens with zero attached hydrogens (tertiary/aromatic N) is 4. The van der Waals surface area contributed by atoms with Gasteiger partial charge in [-0.05, 0) is 76.3 Å². The predicted molar refractivity (Wildman–Crippen MR) is 117 cm³/mol. The Bertz CT molecular complexity index is 688. The zero-order chi connectivity index (χ0) is 19.9. The molecule has 6 heteroatoms. The molecule has 3 heterocycles. The van der Waals surface area contributed by atoms with Crippen molar-refractivity contribution in [1.82, 2.24) is 15.5 Å². The summed E-state index contributed by atoms with van der Waals surface area (Å²) in [6, 6.07) is 4.20. The zero-order valence-electron chi connectivity index (χ0n) is 17.6. The van der Waals surface area contributed by atoms with E-state index < -0.39 is 0 Å². The molecule has 1 amide bonds. The first-order valence-electron chi connectivity index (χ1n) is 11.6. The van der Waals surface area contributed by atoms with Crippen LogP contribution in [0.2, 0.25) is 0 Å². The molecule has 4 rings (SSSR count). The lowest BCUT2D eigenvalue weighted by molar-refractivity contribution is -0.125. The molecule has 6 nitrogen and oxygen atoms in total. The summed E-state index contributed by atoms with van der Waals surface area (Å²) in [5, 5.41) is 12.1. The Labute approximate surface area is 174 Å². The van der Waals surface area contributed by atoms with E-state index in [1.807, 2.05) is 0 Å². The second-order valence-electron chi connectivity index (χ2n) is 8.71. The highest BCUT2D eigenvalue weighted by molar-refractivity contribution is 5.79. The Hall–Kier alpha value is -2.11. The van der Waals surface area contributed by atoms with E-state index in [4.69, 9.17) is 0 Å². The maximum absolute atomic E-state index is 12.5. The van der Waals surface area contributed by atoms with E-state index in [9.17, 15) is 4.79 Å². The first kappa shape index (κ1) is 20.2. The largest absolute Gasteiger partial charge is 0.356 e. The van der Waals surface area contributed by atoms with Crippen LogP contribution >= 0.6 is 0 Å². The summed E-state index contributed by atoms with van der Waals surface area (Å²) in [7, 11) is 0. The summed E-state index contributed by atoms with van der Waals surface area (Å²) in [5.74, 6) is 2.30. The van der Waals surface area contributed by atoms with Gasteiger partial charge in [-0.3, -0.25) is 4.79 Å². The SMILES string of the molecule is O=C(NCCC1=CCCCC1)C1CCN(c2ccc(N3CCCCC3)nn2)CC1. The van der Waals surface area contributed by atoms with Crippen molar-refractivity contribution in [3.63, 3.8) is 0 Å². The van der Waals surface area contributed by atoms with Gasteiger partial charge in [0, 0.05) is 38.6 Å². The number of carbonyl (C=O) groups is 1. The molecule has 2 aliphatic heterocycles. The number of aromatic nitrogens is 2. The molecule has 158 valence electrons. The fourth-order valence-corrected chi connectivity index (χ4v) is 4.77. The molecule has 0 aromatic carbocycles. The summed E-state index contributed by atoms with van der Waals surface area (Å²) >= 11 is 0. The third kappa shape index (κ3) is 5.49. The molecule has 2 fully saturated rings. The Morgan fingerprint density at radius 2 is 1.62 bits per heavy atom. The summed E-state index contributed by atoms with van der Waals surface area (Å²) in [6.45, 7) is 4.72. The van der Waals surface area contributed by atoms with Gasteiger partial charge in [0.05, 0.1) is 0 Å². The Morgan fingerprint density at radius 3 is 2.24 bits per heavy atom. The van der Waals surface area contributed by atoms with Crippen LogP contribution in [-0.4, -0.2) is 48.8 Å². The molecule has 1 aliphatic carbocycles. The van der Waals surface area contributed by atoms with Crippen molar-refractivity contribution in [3.8, 4) is 0 Å². The molecular formula is C23H35N5O. The molecular weight excluding hydrogens is 362 g/mol. The number of amides is 1. The number of hydrogen-bond donors (Lipinski definition) is 1. The first-order chi connectivity index (χ1) is 14.3. The molecule has 0 unspecified atom stereocenters. The topological polar surface area (TPSA) is 61.4 Å². The molecule has 1 aromatic heterocycles. The van der Waals surface area contributed by atoms with Crippen molar-refractivity contribution in [1.29, 1.82) is 0 Å². The number of carbonyl (C=O) groups excluding carboxylic acids is 1. The van der Waals surface area contributed by atoms with E-state index in [-0.39, 0.29) is 11.8 Å². The monoisotopic (exact) mass is 397 g/mol. The van der Waals surface area contributed by atoms with Crippen LogP contribution < -0.4 is 15.1 Å². The maximum Gasteiger partial charge on any atom is 0.223 e. The van der Waals surface area contributed by atoms with E-state index in [2.05, 4.69) is 43.5 Å². The van der Waals surface area contributed by atoms with Crippen LogP contribution in [0.3, 0.4) is 0 Å². The summed E-state index contributed by atoms with van der Waals surface area (Å²) < 4.78 is 0. The smallest absolute Gasteiger partial charge is 0.223 e. The highest BCUT2D eigenvalue weighted by Gasteiger charge is 2.26. The summed E-state index contributed by atoms with van der Waals surface area (Å²) in [4.78, 5) is 17.1. The van der Waals surface area contributed by atoms with Crippen LogP contribution in [0, 0.1) is 5.92 Å². The van der Waals surface area contributed by atoms with E-state index in [1.165, 1.54) is 50.5 Å². The van der Waals surface area contributed by atoms with E-state index in [0.717, 1.165) is 63.6 Å². The number of anilines is 2. The fraction of sp³-hybridized carbons (Fsp3) is 0.696. The average molecular weight is 398 g/mol. The third-order valence-corrected chi connectivity index (χ3v) is 6.64. The Balaban J connectivity index is 1.20. The van der Waals surface area contributed by atoms with Gasteiger partial charge < -0.3 is 15.1 Å². The molecule has 2 saturated heterocycles. The van der Waals surface area contributed by atoms with Gasteiger partial charge in [-0.1, -0.05) is 11.6 Å². The molecule has 0 bridgehead atoms. The second kappa shape index (κ2) is 10.1. The molecule has 3 aliphatic rings. The van der Waals surface area contributed by atoms with Crippen molar-refractivity contribution in [3.05, 3.63) is 23.8 Å². The number of allylic oxidation sites excluding steroid dienone is 1. The standard InChI is InChI=1S/C23H35N5O/c29-23(24-14-11-19-7-3-1-4-8-19)20-12-17-28(18-13-20)22-10-9-21(25-26-22)27-15-5-2-6-16-27/h7,9-10,20H,1-6,8,11-18H2,(H,24,29). The van der Waals surface area contributed by atoms with Crippen molar-refractivity contribution < 1.29 is 4.79 Å². The third-order valence-electron chi connectivity index (χ3n) is 6.64. The summed E-state index contributed by atoms with van der Waals surface area (Å²) in [6.07, 6.45) is 14.0. The molecule has 29 heavy (non-hydrogen) atoms. The maximum atomic E-state index is 12.5. The second-order valence-corrected chi connectivity index (χ2v) is 8.71. The number of nitrogens with one attached hydrogen (secondary N) is 1.